The van der Waals surface area contributed by atoms with Crippen molar-refractivity contribution in [3.63, 3.8) is 0 Å². The van der Waals surface area contributed by atoms with E-state index in [0.29, 0.717) is 12.8 Å². The van der Waals surface area contributed by atoms with E-state index in [4.69, 9.17) is 14.2 Å². The molecule has 0 radical (unpaired) electrons. The molecule has 0 spiro atoms. The van der Waals surface area contributed by atoms with Crippen LogP contribution in [0.5, 0.6) is 0 Å². The van der Waals surface area contributed by atoms with E-state index in [9.17, 15) is 19.5 Å². The maximum Gasteiger partial charge on any atom is 0.306 e. The van der Waals surface area contributed by atoms with Gasteiger partial charge in [0.2, 0.25) is 0 Å². The van der Waals surface area contributed by atoms with Crippen LogP contribution < -0.4 is 5.11 Å². The molecule has 0 aliphatic carbocycles. The first-order chi connectivity index (χ1) is 27.1. The maximum absolute atomic E-state index is 12.7. The van der Waals surface area contributed by atoms with Crippen LogP contribution in [-0.2, 0) is 28.6 Å². The van der Waals surface area contributed by atoms with Gasteiger partial charge in [-0.25, -0.2) is 0 Å². The van der Waals surface area contributed by atoms with Gasteiger partial charge in [-0.05, 0) is 38.5 Å². The third kappa shape index (κ3) is 37.4. The van der Waals surface area contributed by atoms with Gasteiger partial charge in [0.1, 0.15) is 12.6 Å². The average Bonchev–Trinajstić information content (AvgIpc) is 3.15. The van der Waals surface area contributed by atoms with E-state index in [1.165, 1.54) is 122 Å². The van der Waals surface area contributed by atoms with Gasteiger partial charge in [-0.2, -0.15) is 0 Å². The molecule has 0 amide bonds. The standard InChI is InChI=1S/C48H89NO7/c1-6-8-10-12-14-16-18-20-22-23-25-26-28-30-32-34-36-38-46(50)55-43-44(42-54-41-40-45(48(52)53)49(3,4)5)56-47(51)39-37-35-33-31-29-27-24-21-19-17-15-13-11-9-7-2/h15,17,19,21,44-45H,6-14,16,18,20,22-43H2,1-5H3/b17-15+,21-19+. The molecule has 0 rings (SSSR count). The molecule has 0 fully saturated rings. The summed E-state index contributed by atoms with van der Waals surface area (Å²) < 4.78 is 17.2. The molecule has 0 bridgehead atoms. The normalized spacial score (nSPS) is 13.1. The second kappa shape index (κ2) is 39.6. The first-order valence-corrected chi connectivity index (χ1v) is 23.4. The molecule has 2 atom stereocenters. The Balaban J connectivity index is 4.30. The number of rotatable bonds is 42. The van der Waals surface area contributed by atoms with Crippen molar-refractivity contribution in [2.75, 3.05) is 41.0 Å². The summed E-state index contributed by atoms with van der Waals surface area (Å²) in [5, 5.41) is 11.6. The molecule has 328 valence electrons. The average molecular weight is 792 g/mol. The van der Waals surface area contributed by atoms with E-state index in [1.54, 1.807) is 21.1 Å². The van der Waals surface area contributed by atoms with Crippen LogP contribution in [0.4, 0.5) is 0 Å². The third-order valence-corrected chi connectivity index (χ3v) is 10.6. The lowest BCUT2D eigenvalue weighted by Gasteiger charge is -2.34. The Morgan fingerprint density at radius 1 is 0.536 bits per heavy atom. The number of hydrogen-bond acceptors (Lipinski definition) is 7. The Hall–Kier alpha value is -2.19. The van der Waals surface area contributed by atoms with Gasteiger partial charge in [-0.15, -0.1) is 0 Å². The predicted molar refractivity (Wildman–Crippen MR) is 231 cm³/mol. The molecule has 0 aliphatic heterocycles. The van der Waals surface area contributed by atoms with E-state index in [1.807, 2.05) is 0 Å². The number of hydrogen-bond donors (Lipinski definition) is 0. The zero-order chi connectivity index (χ0) is 41.4. The molecule has 0 heterocycles. The third-order valence-electron chi connectivity index (χ3n) is 10.6. The molecular formula is C48H89NO7. The van der Waals surface area contributed by atoms with Gasteiger partial charge < -0.3 is 28.6 Å². The van der Waals surface area contributed by atoms with E-state index in [0.717, 1.165) is 57.8 Å². The van der Waals surface area contributed by atoms with Gasteiger partial charge in [-0.1, -0.05) is 179 Å². The minimum atomic E-state index is -1.12. The summed E-state index contributed by atoms with van der Waals surface area (Å²) in [6.45, 7) is 4.64. The van der Waals surface area contributed by atoms with Gasteiger partial charge in [-0.3, -0.25) is 9.59 Å². The van der Waals surface area contributed by atoms with E-state index >= 15 is 0 Å². The zero-order valence-electron chi connectivity index (χ0n) is 37.3. The number of ether oxygens (including phenoxy) is 3. The van der Waals surface area contributed by atoms with Crippen molar-refractivity contribution >= 4 is 17.9 Å². The van der Waals surface area contributed by atoms with Crippen LogP contribution in [0.25, 0.3) is 0 Å². The first kappa shape index (κ1) is 53.8. The lowest BCUT2D eigenvalue weighted by atomic mass is 10.0. The predicted octanol–water partition coefficient (Wildman–Crippen LogP) is 11.5. The number of carbonyl (C=O) groups excluding carboxylic acids is 3. The van der Waals surface area contributed by atoms with Gasteiger partial charge in [0.25, 0.3) is 0 Å². The van der Waals surface area contributed by atoms with Crippen LogP contribution in [0.1, 0.15) is 213 Å². The Kier molecular flexibility index (Phi) is 38.1. The number of likely N-dealkylation sites (N-methyl/N-ethyl adjacent to an activating group) is 1. The zero-order valence-corrected chi connectivity index (χ0v) is 37.3. The van der Waals surface area contributed by atoms with Crippen molar-refractivity contribution in [1.82, 2.24) is 0 Å². The second-order valence-corrected chi connectivity index (χ2v) is 17.0. The molecule has 2 unspecified atom stereocenters. The number of carboxylic acid groups (broad SMARTS) is 1. The van der Waals surface area contributed by atoms with Crippen LogP contribution in [0.3, 0.4) is 0 Å². The molecule has 8 nitrogen and oxygen atoms in total. The number of allylic oxidation sites excluding steroid dienone is 4. The fraction of sp³-hybridized carbons (Fsp3) is 0.854. The van der Waals surface area contributed by atoms with E-state index in [-0.39, 0.29) is 42.7 Å². The number of carboxylic acids is 1. The Labute approximate surface area is 345 Å². The Morgan fingerprint density at radius 3 is 1.38 bits per heavy atom. The molecule has 8 heteroatoms. The maximum atomic E-state index is 12.7. The van der Waals surface area contributed by atoms with Gasteiger partial charge in [0.05, 0.1) is 40.3 Å². The number of nitrogens with zero attached hydrogens (tertiary/aromatic N) is 1. The highest BCUT2D eigenvalue weighted by Gasteiger charge is 2.25. The van der Waals surface area contributed by atoms with E-state index < -0.39 is 18.1 Å². The quantitative estimate of drug-likeness (QED) is 0.0262. The minimum Gasteiger partial charge on any atom is -0.544 e. The number of carbonyl (C=O) groups is 3. The molecule has 0 saturated carbocycles. The van der Waals surface area contributed by atoms with Crippen LogP contribution in [0, 0.1) is 0 Å². The molecule has 56 heavy (non-hydrogen) atoms. The van der Waals surface area contributed by atoms with Gasteiger partial charge in [0.15, 0.2) is 6.10 Å². The number of unbranched alkanes of at least 4 members (excludes halogenated alkanes) is 25. The summed E-state index contributed by atoms with van der Waals surface area (Å²) in [5.41, 5.74) is 0. The summed E-state index contributed by atoms with van der Waals surface area (Å²) >= 11 is 0. The number of quaternary nitrogens is 1. The van der Waals surface area contributed by atoms with Crippen molar-refractivity contribution in [3.8, 4) is 0 Å². The molecule has 0 aromatic carbocycles. The largest absolute Gasteiger partial charge is 0.544 e. The smallest absolute Gasteiger partial charge is 0.306 e. The lowest BCUT2D eigenvalue weighted by Crippen LogP contribution is -2.55. The summed E-state index contributed by atoms with van der Waals surface area (Å²) in [6, 6.07) is -0.725. The summed E-state index contributed by atoms with van der Waals surface area (Å²) in [6.07, 6.45) is 43.4. The molecule has 0 aromatic rings. The topological polar surface area (TPSA) is 102 Å². The highest BCUT2D eigenvalue weighted by atomic mass is 16.6. The van der Waals surface area contributed by atoms with Crippen molar-refractivity contribution in [2.45, 2.75) is 225 Å². The molecular weight excluding hydrogens is 703 g/mol. The lowest BCUT2D eigenvalue weighted by molar-refractivity contribution is -0.889. The number of esters is 2. The molecule has 0 N–H and O–H groups in total. The Morgan fingerprint density at radius 2 is 0.929 bits per heavy atom. The highest BCUT2D eigenvalue weighted by Crippen LogP contribution is 2.16. The van der Waals surface area contributed by atoms with Crippen LogP contribution in [-0.4, -0.2) is 75.5 Å². The molecule has 0 saturated heterocycles. The van der Waals surface area contributed by atoms with Gasteiger partial charge >= 0.3 is 11.9 Å². The summed E-state index contributed by atoms with van der Waals surface area (Å²) in [7, 11) is 5.41. The SMILES string of the molecule is CCCCC/C=C/C=C/CCCCCCCCC(=O)OC(COCCC(C(=O)[O-])[N+](C)(C)C)COC(=O)CCCCCCCCCCCCCCCCCCC. The fourth-order valence-corrected chi connectivity index (χ4v) is 6.94. The first-order valence-electron chi connectivity index (χ1n) is 23.4. The van der Waals surface area contributed by atoms with Crippen molar-refractivity contribution in [2.24, 2.45) is 0 Å². The van der Waals surface area contributed by atoms with Crippen LogP contribution in [0.2, 0.25) is 0 Å². The van der Waals surface area contributed by atoms with Gasteiger partial charge in [0, 0.05) is 19.3 Å². The van der Waals surface area contributed by atoms with Crippen LogP contribution >= 0.6 is 0 Å². The summed E-state index contributed by atoms with van der Waals surface area (Å²) in [4.78, 5) is 36.9. The molecule has 0 aromatic heterocycles. The number of aliphatic carboxylic acids is 1. The second-order valence-electron chi connectivity index (χ2n) is 17.0. The van der Waals surface area contributed by atoms with Crippen molar-refractivity contribution < 1.29 is 38.2 Å². The van der Waals surface area contributed by atoms with E-state index in [2.05, 4.69) is 38.2 Å². The Bertz CT molecular complexity index is 973. The highest BCUT2D eigenvalue weighted by molar-refractivity contribution is 5.70. The minimum absolute atomic E-state index is 0.0398. The monoisotopic (exact) mass is 792 g/mol. The van der Waals surface area contributed by atoms with Crippen molar-refractivity contribution in [3.05, 3.63) is 24.3 Å². The van der Waals surface area contributed by atoms with Crippen molar-refractivity contribution in [1.29, 1.82) is 0 Å². The fourth-order valence-electron chi connectivity index (χ4n) is 6.94. The van der Waals surface area contributed by atoms with Crippen LogP contribution in [0.15, 0.2) is 24.3 Å². The summed E-state index contributed by atoms with van der Waals surface area (Å²) in [5.74, 6) is -1.74. The molecule has 0 aliphatic rings.